The quantitative estimate of drug-likeness (QED) is 0.608. The number of carbonyl (C=O) groups is 1. The molecule has 1 amide bonds. The number of thiophene rings is 1. The van der Waals surface area contributed by atoms with E-state index in [1.54, 1.807) is 30.8 Å². The normalized spacial score (nSPS) is 17.5. The molecule has 0 radical (unpaired) electrons. The molecule has 1 fully saturated rings. The van der Waals surface area contributed by atoms with E-state index in [0.29, 0.717) is 6.54 Å². The highest BCUT2D eigenvalue weighted by Crippen LogP contribution is 2.23. The number of piperazine rings is 1. The Labute approximate surface area is 168 Å². The molecule has 0 aromatic carbocycles. The second-order valence-electron chi connectivity index (χ2n) is 6.86. The average molecular weight is 400 g/mol. The molecule has 28 heavy (non-hydrogen) atoms. The number of anilines is 1. The van der Waals surface area contributed by atoms with Crippen molar-refractivity contribution in [2.45, 2.75) is 13.0 Å². The minimum Gasteiger partial charge on any atom is -0.347 e. The molecule has 4 heterocycles. The summed E-state index contributed by atoms with van der Waals surface area (Å²) in [6, 6.07) is 3.95. The molecular weight excluding hydrogens is 374 g/mol. The highest BCUT2D eigenvalue weighted by molar-refractivity contribution is 7.10. The van der Waals surface area contributed by atoms with E-state index in [1.165, 1.54) is 10.4 Å². The molecule has 148 valence electrons. The number of guanidine groups is 1. The molecule has 0 aliphatic carbocycles. The standard InChI is InChI=1S/C19H25N7OS/c1-20-18(24-8-10-25(11-9-24)19-21-5-2-6-22-19)23-13-17(27)26-7-3-16-15(14-26)4-12-28-16/h2,4-6,12H,3,7-11,13-14H2,1H3,(H,20,23). The van der Waals surface area contributed by atoms with Crippen LogP contribution in [0, 0.1) is 0 Å². The van der Waals surface area contributed by atoms with Crippen LogP contribution in [0.2, 0.25) is 0 Å². The largest absolute Gasteiger partial charge is 0.347 e. The molecule has 9 heteroatoms. The molecule has 8 nitrogen and oxygen atoms in total. The maximum absolute atomic E-state index is 12.6. The lowest BCUT2D eigenvalue weighted by atomic mass is 10.1. The summed E-state index contributed by atoms with van der Waals surface area (Å²) in [5.41, 5.74) is 1.29. The van der Waals surface area contributed by atoms with Gasteiger partial charge in [0, 0.05) is 63.6 Å². The number of nitrogens with one attached hydrogen (secondary N) is 1. The average Bonchev–Trinajstić information content (AvgIpc) is 3.23. The zero-order valence-corrected chi connectivity index (χ0v) is 16.9. The van der Waals surface area contributed by atoms with Gasteiger partial charge in [0.1, 0.15) is 0 Å². The van der Waals surface area contributed by atoms with E-state index < -0.39 is 0 Å². The molecule has 0 atom stereocenters. The number of rotatable bonds is 3. The zero-order chi connectivity index (χ0) is 19.3. The summed E-state index contributed by atoms with van der Waals surface area (Å²) < 4.78 is 0. The lowest BCUT2D eigenvalue weighted by Crippen LogP contribution is -2.54. The van der Waals surface area contributed by atoms with Crippen molar-refractivity contribution in [3.8, 4) is 0 Å². The Morgan fingerprint density at radius 1 is 1.18 bits per heavy atom. The van der Waals surface area contributed by atoms with Crippen molar-refractivity contribution in [3.05, 3.63) is 40.3 Å². The first kappa shape index (κ1) is 18.7. The van der Waals surface area contributed by atoms with Crippen LogP contribution in [-0.4, -0.2) is 78.0 Å². The van der Waals surface area contributed by atoms with Crippen LogP contribution < -0.4 is 10.2 Å². The van der Waals surface area contributed by atoms with Crippen LogP contribution in [0.1, 0.15) is 10.4 Å². The Hall–Kier alpha value is -2.68. The van der Waals surface area contributed by atoms with Gasteiger partial charge in [0.25, 0.3) is 0 Å². The smallest absolute Gasteiger partial charge is 0.242 e. The van der Waals surface area contributed by atoms with Crippen molar-refractivity contribution in [2.24, 2.45) is 4.99 Å². The number of aliphatic imine (C=N–C) groups is 1. The number of fused-ring (bicyclic) bond motifs is 1. The summed E-state index contributed by atoms with van der Waals surface area (Å²) in [7, 11) is 1.76. The number of nitrogens with zero attached hydrogens (tertiary/aromatic N) is 6. The Balaban J connectivity index is 1.27. The molecule has 2 aliphatic heterocycles. The van der Waals surface area contributed by atoms with Crippen molar-refractivity contribution in [2.75, 3.05) is 51.2 Å². The van der Waals surface area contributed by atoms with Crippen LogP contribution in [-0.2, 0) is 17.8 Å². The molecule has 1 saturated heterocycles. The SMILES string of the molecule is CN=C(NCC(=O)N1CCc2sccc2C1)N1CCN(c2ncccn2)CC1. The van der Waals surface area contributed by atoms with Crippen LogP contribution in [0.4, 0.5) is 5.95 Å². The van der Waals surface area contributed by atoms with Gasteiger partial charge in [-0.25, -0.2) is 9.97 Å². The summed E-state index contributed by atoms with van der Waals surface area (Å²) in [6.07, 6.45) is 4.48. The van der Waals surface area contributed by atoms with Gasteiger partial charge in [-0.1, -0.05) is 0 Å². The first-order valence-electron chi connectivity index (χ1n) is 9.55. The molecule has 4 rings (SSSR count). The van der Waals surface area contributed by atoms with E-state index in [1.807, 2.05) is 11.0 Å². The first-order valence-corrected chi connectivity index (χ1v) is 10.4. The molecule has 0 spiro atoms. The van der Waals surface area contributed by atoms with Crippen LogP contribution in [0.3, 0.4) is 0 Å². The van der Waals surface area contributed by atoms with E-state index in [4.69, 9.17) is 0 Å². The van der Waals surface area contributed by atoms with Crippen molar-refractivity contribution in [1.29, 1.82) is 0 Å². The minimum absolute atomic E-state index is 0.120. The van der Waals surface area contributed by atoms with Crippen molar-refractivity contribution < 1.29 is 4.79 Å². The van der Waals surface area contributed by atoms with E-state index in [0.717, 1.165) is 51.1 Å². The van der Waals surface area contributed by atoms with Crippen molar-refractivity contribution in [3.63, 3.8) is 0 Å². The maximum atomic E-state index is 12.6. The van der Waals surface area contributed by atoms with E-state index >= 15 is 0 Å². The lowest BCUT2D eigenvalue weighted by molar-refractivity contribution is -0.130. The Bertz CT molecular complexity index is 830. The zero-order valence-electron chi connectivity index (χ0n) is 16.0. The molecule has 0 saturated carbocycles. The molecule has 0 bridgehead atoms. The summed E-state index contributed by atoms with van der Waals surface area (Å²) in [4.78, 5) is 33.3. The van der Waals surface area contributed by atoms with Gasteiger partial charge in [-0.05, 0) is 29.5 Å². The van der Waals surface area contributed by atoms with Crippen LogP contribution in [0.5, 0.6) is 0 Å². The summed E-state index contributed by atoms with van der Waals surface area (Å²) >= 11 is 1.79. The third-order valence-corrected chi connectivity index (χ3v) is 6.21. The van der Waals surface area contributed by atoms with E-state index in [9.17, 15) is 4.79 Å². The number of amides is 1. The van der Waals surface area contributed by atoms with E-state index in [2.05, 4.69) is 41.5 Å². The molecule has 2 aromatic heterocycles. The second-order valence-corrected chi connectivity index (χ2v) is 7.86. The predicted molar refractivity (Wildman–Crippen MR) is 111 cm³/mol. The van der Waals surface area contributed by atoms with Gasteiger partial charge < -0.3 is 20.0 Å². The summed E-state index contributed by atoms with van der Waals surface area (Å²) in [5, 5.41) is 5.36. The fraction of sp³-hybridized carbons (Fsp3) is 0.474. The Morgan fingerprint density at radius 3 is 2.71 bits per heavy atom. The highest BCUT2D eigenvalue weighted by Gasteiger charge is 2.24. The van der Waals surface area contributed by atoms with Crippen molar-refractivity contribution >= 4 is 29.2 Å². The van der Waals surface area contributed by atoms with Gasteiger partial charge in [0.2, 0.25) is 11.9 Å². The fourth-order valence-electron chi connectivity index (χ4n) is 3.63. The molecule has 2 aliphatic rings. The molecule has 2 aromatic rings. The number of aromatic nitrogens is 2. The topological polar surface area (TPSA) is 77.0 Å². The van der Waals surface area contributed by atoms with Gasteiger partial charge >= 0.3 is 0 Å². The Morgan fingerprint density at radius 2 is 1.96 bits per heavy atom. The third kappa shape index (κ3) is 4.09. The molecule has 1 N–H and O–H groups in total. The van der Waals surface area contributed by atoms with E-state index in [-0.39, 0.29) is 12.5 Å². The monoisotopic (exact) mass is 399 g/mol. The van der Waals surface area contributed by atoms with Crippen LogP contribution in [0.25, 0.3) is 0 Å². The lowest BCUT2D eigenvalue weighted by Gasteiger charge is -2.36. The highest BCUT2D eigenvalue weighted by atomic mass is 32.1. The van der Waals surface area contributed by atoms with Gasteiger partial charge in [0.05, 0.1) is 6.54 Å². The Kier molecular flexibility index (Phi) is 5.70. The van der Waals surface area contributed by atoms with Gasteiger partial charge in [-0.3, -0.25) is 9.79 Å². The predicted octanol–water partition coefficient (Wildman–Crippen LogP) is 0.820. The first-order chi connectivity index (χ1) is 13.7. The van der Waals surface area contributed by atoms with Gasteiger partial charge in [-0.15, -0.1) is 11.3 Å². The number of carbonyl (C=O) groups excluding carboxylic acids is 1. The molecular formula is C19H25N7OS. The summed E-state index contributed by atoms with van der Waals surface area (Å²) in [6.45, 7) is 5.06. The van der Waals surface area contributed by atoms with Gasteiger partial charge in [0.15, 0.2) is 5.96 Å². The van der Waals surface area contributed by atoms with Crippen molar-refractivity contribution in [1.82, 2.24) is 25.1 Å². The number of hydrogen-bond donors (Lipinski definition) is 1. The second kappa shape index (κ2) is 8.55. The van der Waals surface area contributed by atoms with Crippen LogP contribution >= 0.6 is 11.3 Å². The maximum Gasteiger partial charge on any atom is 0.242 e. The van der Waals surface area contributed by atoms with Gasteiger partial charge in [-0.2, -0.15) is 0 Å². The summed E-state index contributed by atoms with van der Waals surface area (Å²) in [5.74, 6) is 1.66. The molecule has 0 unspecified atom stereocenters. The third-order valence-electron chi connectivity index (χ3n) is 5.18. The minimum atomic E-state index is 0.120. The van der Waals surface area contributed by atoms with Crippen LogP contribution in [0.15, 0.2) is 34.9 Å². The fourth-order valence-corrected chi connectivity index (χ4v) is 4.52. The number of hydrogen-bond acceptors (Lipinski definition) is 6.